The van der Waals surface area contributed by atoms with E-state index in [1.165, 1.54) is 20.8 Å². The molecule has 1 aromatic rings. The Hall–Kier alpha value is -1.71. The van der Waals surface area contributed by atoms with E-state index in [1.807, 2.05) is 5.09 Å². The molecular formula is C13H15F5NO5P. The van der Waals surface area contributed by atoms with Gasteiger partial charge in [0.15, 0.2) is 0 Å². The summed E-state index contributed by atoms with van der Waals surface area (Å²) in [6.45, 7) is 3.66. The van der Waals surface area contributed by atoms with Crippen LogP contribution in [0, 0.1) is 29.1 Å². The molecule has 0 fully saturated rings. The summed E-state index contributed by atoms with van der Waals surface area (Å²) in [7, 11) is -4.67. The number of carbonyl (C=O) groups is 1. The lowest BCUT2D eigenvalue weighted by molar-refractivity contribution is -0.144. The number of esters is 1. The van der Waals surface area contributed by atoms with Gasteiger partial charge in [0.2, 0.25) is 34.8 Å². The quantitative estimate of drug-likeness (QED) is 0.241. The summed E-state index contributed by atoms with van der Waals surface area (Å²) in [5, 5.41) is 2.00. The summed E-state index contributed by atoms with van der Waals surface area (Å²) in [5.74, 6) is -14.3. The molecule has 0 aromatic heterocycles. The summed E-state index contributed by atoms with van der Waals surface area (Å²) >= 11 is 0. The van der Waals surface area contributed by atoms with Gasteiger partial charge in [-0.15, -0.1) is 0 Å². The van der Waals surface area contributed by atoms with Crippen molar-refractivity contribution < 1.29 is 45.1 Å². The van der Waals surface area contributed by atoms with E-state index in [0.29, 0.717) is 0 Å². The van der Waals surface area contributed by atoms with Gasteiger partial charge in [0.1, 0.15) is 6.04 Å². The fraction of sp³-hybridized carbons (Fsp3) is 0.462. The molecule has 0 aliphatic heterocycles. The molecule has 25 heavy (non-hydrogen) atoms. The van der Waals surface area contributed by atoms with Crippen molar-refractivity contribution in [3.63, 3.8) is 0 Å². The number of benzene rings is 1. The van der Waals surface area contributed by atoms with E-state index in [0.717, 1.165) is 0 Å². The molecular weight excluding hydrogens is 376 g/mol. The highest BCUT2D eigenvalue weighted by Gasteiger charge is 2.36. The Bertz CT molecular complexity index is 673. The zero-order valence-electron chi connectivity index (χ0n) is 13.4. The highest BCUT2D eigenvalue weighted by molar-refractivity contribution is 7.52. The van der Waals surface area contributed by atoms with E-state index in [9.17, 15) is 31.3 Å². The van der Waals surface area contributed by atoms with E-state index < -0.39 is 54.6 Å². The Morgan fingerprint density at radius 1 is 1.00 bits per heavy atom. The largest absolute Gasteiger partial charge is 0.465 e. The predicted octanol–water partition coefficient (Wildman–Crippen LogP) is 3.45. The van der Waals surface area contributed by atoms with Crippen LogP contribution in [0.5, 0.6) is 5.75 Å². The van der Waals surface area contributed by atoms with Crippen molar-refractivity contribution in [2.24, 2.45) is 0 Å². The number of ether oxygens (including phenoxy) is 1. The van der Waals surface area contributed by atoms with E-state index in [2.05, 4.69) is 9.26 Å². The molecule has 0 unspecified atom stereocenters. The van der Waals surface area contributed by atoms with Crippen molar-refractivity contribution in [2.45, 2.75) is 26.8 Å². The molecule has 0 spiro atoms. The maximum absolute atomic E-state index is 13.6. The summed E-state index contributed by atoms with van der Waals surface area (Å²) in [5.41, 5.74) is 0. The SMILES string of the molecule is CCOC(=O)[C@H](C)N[P@@](=O)(OCC)Oc1c(F)c(F)c(F)c(F)c1F. The lowest BCUT2D eigenvalue weighted by Gasteiger charge is -2.22. The van der Waals surface area contributed by atoms with Gasteiger partial charge in [-0.05, 0) is 20.8 Å². The Balaban J connectivity index is 3.22. The molecule has 0 aliphatic carbocycles. The minimum absolute atomic E-state index is 0.0116. The van der Waals surface area contributed by atoms with E-state index in [1.54, 1.807) is 0 Å². The van der Waals surface area contributed by atoms with Crippen LogP contribution in [0.4, 0.5) is 22.0 Å². The molecule has 1 rings (SSSR count). The van der Waals surface area contributed by atoms with Gasteiger partial charge in [-0.1, -0.05) is 0 Å². The van der Waals surface area contributed by atoms with Crippen LogP contribution in [-0.4, -0.2) is 25.2 Å². The van der Waals surface area contributed by atoms with Gasteiger partial charge in [-0.2, -0.15) is 13.9 Å². The van der Waals surface area contributed by atoms with E-state index in [-0.39, 0.29) is 13.2 Å². The smallest absolute Gasteiger partial charge is 0.459 e. The van der Waals surface area contributed by atoms with Gasteiger partial charge < -0.3 is 9.26 Å². The van der Waals surface area contributed by atoms with Crippen molar-refractivity contribution >= 4 is 13.7 Å². The monoisotopic (exact) mass is 391 g/mol. The van der Waals surface area contributed by atoms with Crippen LogP contribution >= 0.6 is 7.75 Å². The van der Waals surface area contributed by atoms with Crippen LogP contribution in [0.15, 0.2) is 0 Å². The summed E-state index contributed by atoms with van der Waals surface area (Å²) < 4.78 is 92.9. The lowest BCUT2D eigenvalue weighted by atomic mass is 10.3. The van der Waals surface area contributed by atoms with Gasteiger partial charge >= 0.3 is 13.7 Å². The zero-order chi connectivity index (χ0) is 19.4. The number of nitrogens with one attached hydrogen (secondary N) is 1. The third-order valence-electron chi connectivity index (χ3n) is 2.67. The second kappa shape index (κ2) is 8.59. The van der Waals surface area contributed by atoms with E-state index in [4.69, 9.17) is 4.52 Å². The maximum atomic E-state index is 13.6. The van der Waals surface area contributed by atoms with Crippen LogP contribution in [-0.2, 0) is 18.6 Å². The first-order valence-electron chi connectivity index (χ1n) is 6.97. The topological polar surface area (TPSA) is 73.9 Å². The lowest BCUT2D eigenvalue weighted by Crippen LogP contribution is -2.35. The molecule has 6 nitrogen and oxygen atoms in total. The standard InChI is InChI=1S/C13H15F5NO5P/c1-4-22-13(20)6(3)19-25(21,23-5-2)24-12-10(17)8(15)7(14)9(16)11(12)18/h6H,4-5H2,1-3H3,(H,19,21)/t6-,25+/m0/s1. The minimum Gasteiger partial charge on any atom is -0.465 e. The van der Waals surface area contributed by atoms with Crippen molar-refractivity contribution in [3.05, 3.63) is 29.1 Å². The Morgan fingerprint density at radius 2 is 1.48 bits per heavy atom. The number of hydrogen-bond acceptors (Lipinski definition) is 5. The average Bonchev–Trinajstić information content (AvgIpc) is 2.55. The van der Waals surface area contributed by atoms with Crippen molar-refractivity contribution in [1.82, 2.24) is 5.09 Å². The summed E-state index contributed by atoms with van der Waals surface area (Å²) in [6.07, 6.45) is 0. The molecule has 0 heterocycles. The predicted molar refractivity (Wildman–Crippen MR) is 75.3 cm³/mol. The van der Waals surface area contributed by atoms with Crippen LogP contribution < -0.4 is 9.61 Å². The molecule has 0 amide bonds. The molecule has 1 aromatic carbocycles. The number of hydrogen-bond donors (Lipinski definition) is 1. The van der Waals surface area contributed by atoms with Crippen molar-refractivity contribution in [3.8, 4) is 5.75 Å². The molecule has 0 radical (unpaired) electrons. The van der Waals surface area contributed by atoms with Gasteiger partial charge in [-0.25, -0.2) is 17.7 Å². The Kier molecular flexibility index (Phi) is 7.33. The molecule has 2 atom stereocenters. The normalized spacial score (nSPS) is 14.7. The molecule has 142 valence electrons. The Morgan fingerprint density at radius 3 is 1.92 bits per heavy atom. The van der Waals surface area contributed by atoms with Gasteiger partial charge in [0.05, 0.1) is 13.2 Å². The number of rotatable bonds is 8. The first kappa shape index (κ1) is 21.3. The van der Waals surface area contributed by atoms with Crippen molar-refractivity contribution in [2.75, 3.05) is 13.2 Å². The van der Waals surface area contributed by atoms with Crippen LogP contribution in [0.3, 0.4) is 0 Å². The third kappa shape index (κ3) is 4.90. The molecule has 0 saturated carbocycles. The molecule has 0 aliphatic rings. The van der Waals surface area contributed by atoms with Crippen LogP contribution in [0.2, 0.25) is 0 Å². The van der Waals surface area contributed by atoms with Crippen molar-refractivity contribution in [1.29, 1.82) is 0 Å². The minimum atomic E-state index is -4.67. The average molecular weight is 391 g/mol. The first-order chi connectivity index (χ1) is 11.6. The van der Waals surface area contributed by atoms with Gasteiger partial charge in [0.25, 0.3) is 0 Å². The molecule has 1 N–H and O–H groups in total. The number of carbonyl (C=O) groups excluding carboxylic acids is 1. The fourth-order valence-electron chi connectivity index (χ4n) is 1.60. The van der Waals surface area contributed by atoms with Crippen LogP contribution in [0.1, 0.15) is 20.8 Å². The summed E-state index contributed by atoms with van der Waals surface area (Å²) in [4.78, 5) is 11.5. The zero-order valence-corrected chi connectivity index (χ0v) is 14.3. The van der Waals surface area contributed by atoms with Gasteiger partial charge in [0, 0.05) is 0 Å². The summed E-state index contributed by atoms with van der Waals surface area (Å²) in [6, 6.07) is -1.32. The number of halogens is 5. The Labute approximate surface area is 139 Å². The van der Waals surface area contributed by atoms with Gasteiger partial charge in [-0.3, -0.25) is 9.32 Å². The van der Waals surface area contributed by atoms with E-state index >= 15 is 0 Å². The first-order valence-corrected chi connectivity index (χ1v) is 8.52. The highest BCUT2D eigenvalue weighted by Crippen LogP contribution is 2.47. The second-order valence-corrected chi connectivity index (χ2v) is 6.20. The third-order valence-corrected chi connectivity index (χ3v) is 4.40. The maximum Gasteiger partial charge on any atom is 0.459 e. The molecule has 12 heteroatoms. The highest BCUT2D eigenvalue weighted by atomic mass is 31.2. The molecule has 0 saturated heterocycles. The fourth-order valence-corrected chi connectivity index (χ4v) is 3.10. The second-order valence-electron chi connectivity index (χ2n) is 4.51. The molecule has 0 bridgehead atoms. The van der Waals surface area contributed by atoms with Crippen LogP contribution in [0.25, 0.3) is 0 Å².